The number of nitrogens with zero attached hydrogens (tertiary/aromatic N) is 1. The first-order valence-electron chi connectivity index (χ1n) is 20.3. The van der Waals surface area contributed by atoms with E-state index in [-0.39, 0.29) is 5.41 Å². The second-order valence-electron chi connectivity index (χ2n) is 16.3. The van der Waals surface area contributed by atoms with Crippen LogP contribution in [0.15, 0.2) is 200 Å². The zero-order chi connectivity index (χ0) is 37.7. The van der Waals surface area contributed by atoms with Crippen molar-refractivity contribution in [2.24, 2.45) is 0 Å². The van der Waals surface area contributed by atoms with Gasteiger partial charge in [-0.3, -0.25) is 0 Å². The highest BCUT2D eigenvalue weighted by atomic mass is 15.0. The Morgan fingerprint density at radius 3 is 1.69 bits per heavy atom. The molecule has 0 saturated heterocycles. The van der Waals surface area contributed by atoms with E-state index in [1.165, 1.54) is 126 Å². The molecule has 11 aromatic carbocycles. The Labute approximate surface area is 335 Å². The van der Waals surface area contributed by atoms with E-state index in [9.17, 15) is 0 Å². The summed E-state index contributed by atoms with van der Waals surface area (Å²) in [5, 5.41) is 13.0. The average molecular weight is 732 g/mol. The van der Waals surface area contributed by atoms with Gasteiger partial charge in [-0.2, -0.15) is 0 Å². The van der Waals surface area contributed by atoms with Crippen LogP contribution >= 0.6 is 0 Å². The number of para-hydroxylation sites is 1. The summed E-state index contributed by atoms with van der Waals surface area (Å²) in [6, 6.07) is 75.5. The molecule has 1 nitrogen and oxygen atoms in total. The highest BCUT2D eigenvalue weighted by Crippen LogP contribution is 2.63. The molecule has 266 valence electrons. The molecule has 0 amide bonds. The monoisotopic (exact) mass is 731 g/mol. The van der Waals surface area contributed by atoms with E-state index in [0.29, 0.717) is 0 Å². The first-order chi connectivity index (χ1) is 28.8. The van der Waals surface area contributed by atoms with Gasteiger partial charge in [-0.05, 0) is 118 Å². The zero-order valence-corrected chi connectivity index (χ0v) is 31.5. The predicted molar refractivity (Wildman–Crippen MR) is 244 cm³/mol. The van der Waals surface area contributed by atoms with Gasteiger partial charge in [0.05, 0.1) is 16.4 Å². The summed E-state index contributed by atoms with van der Waals surface area (Å²) in [6.45, 7) is 0. The predicted octanol–water partition coefficient (Wildman–Crippen LogP) is 14.8. The van der Waals surface area contributed by atoms with Crippen LogP contribution in [-0.2, 0) is 5.41 Å². The van der Waals surface area contributed by atoms with E-state index in [4.69, 9.17) is 0 Å². The molecule has 1 spiro atoms. The van der Waals surface area contributed by atoms with E-state index in [2.05, 4.69) is 205 Å². The van der Waals surface area contributed by atoms with Gasteiger partial charge in [0.2, 0.25) is 0 Å². The lowest BCUT2D eigenvalue weighted by atomic mass is 9.70. The van der Waals surface area contributed by atoms with Gasteiger partial charge < -0.3 is 4.57 Å². The van der Waals surface area contributed by atoms with Gasteiger partial charge in [0.25, 0.3) is 0 Å². The molecule has 2 aliphatic carbocycles. The van der Waals surface area contributed by atoms with Crippen molar-refractivity contribution >= 4 is 64.9 Å². The molecule has 0 fully saturated rings. The smallest absolute Gasteiger partial charge is 0.0725 e. The van der Waals surface area contributed by atoms with Crippen LogP contribution < -0.4 is 0 Å². The van der Waals surface area contributed by atoms with Crippen molar-refractivity contribution in [1.82, 2.24) is 4.57 Å². The molecular weight excluding hydrogens is 699 g/mol. The van der Waals surface area contributed by atoms with Gasteiger partial charge in [0, 0.05) is 27.2 Å². The van der Waals surface area contributed by atoms with Crippen molar-refractivity contribution in [3.05, 3.63) is 222 Å². The summed E-state index contributed by atoms with van der Waals surface area (Å²) in [6.07, 6.45) is 0. The third kappa shape index (κ3) is 3.64. The number of aromatic nitrogens is 1. The largest absolute Gasteiger partial charge is 0.309 e. The van der Waals surface area contributed by atoms with Crippen molar-refractivity contribution in [3.63, 3.8) is 0 Å². The first kappa shape index (κ1) is 30.7. The minimum atomic E-state index is -0.366. The third-order valence-corrected chi connectivity index (χ3v) is 13.7. The van der Waals surface area contributed by atoms with Crippen molar-refractivity contribution in [3.8, 4) is 39.1 Å². The average Bonchev–Trinajstić information content (AvgIpc) is 3.90. The first-order valence-corrected chi connectivity index (χ1v) is 20.3. The molecule has 2 aliphatic rings. The van der Waals surface area contributed by atoms with E-state index >= 15 is 0 Å². The van der Waals surface area contributed by atoms with E-state index in [0.717, 1.165) is 0 Å². The lowest BCUT2D eigenvalue weighted by Crippen LogP contribution is -2.25. The summed E-state index contributed by atoms with van der Waals surface area (Å²) in [5.74, 6) is 0. The minimum Gasteiger partial charge on any atom is -0.309 e. The molecule has 0 radical (unpaired) electrons. The molecular formula is C57H33N. The normalized spacial score (nSPS) is 13.7. The number of hydrogen-bond acceptors (Lipinski definition) is 0. The van der Waals surface area contributed by atoms with Gasteiger partial charge in [-0.1, -0.05) is 170 Å². The molecule has 1 aromatic heterocycles. The number of rotatable bonds is 2. The van der Waals surface area contributed by atoms with Crippen LogP contribution in [0.4, 0.5) is 0 Å². The standard InChI is InChI=1S/C57H33N/c1-2-14-35-31-36(28-27-34(35)13-1)46-32-37-15-11-21-44-53(37)54-42(46)20-12-22-45(54)56-55(44)43-19-6-10-26-52(43)58(56)38-29-30-51-47(33-38)41-18-5-9-25-50(41)57(51)48-23-7-3-16-39(48)40-17-4-8-24-49(40)57/h1-33H. The van der Waals surface area contributed by atoms with Crippen LogP contribution in [0, 0.1) is 0 Å². The molecule has 0 aliphatic heterocycles. The molecule has 58 heavy (non-hydrogen) atoms. The van der Waals surface area contributed by atoms with E-state index < -0.39 is 0 Å². The van der Waals surface area contributed by atoms with Gasteiger partial charge >= 0.3 is 0 Å². The third-order valence-electron chi connectivity index (χ3n) is 13.7. The molecule has 1 heterocycles. The fourth-order valence-electron chi connectivity index (χ4n) is 11.5. The second kappa shape index (κ2) is 10.9. The molecule has 1 heteroatoms. The van der Waals surface area contributed by atoms with Crippen molar-refractivity contribution in [1.29, 1.82) is 0 Å². The van der Waals surface area contributed by atoms with Crippen molar-refractivity contribution < 1.29 is 0 Å². The van der Waals surface area contributed by atoms with Crippen LogP contribution in [0.2, 0.25) is 0 Å². The Morgan fingerprint density at radius 1 is 0.310 bits per heavy atom. The Hall–Kier alpha value is -7.48. The highest BCUT2D eigenvalue weighted by molar-refractivity contribution is 6.39. The maximum Gasteiger partial charge on any atom is 0.0725 e. The Kier molecular flexibility index (Phi) is 5.76. The number of fused-ring (bicyclic) bond motifs is 16. The molecule has 0 atom stereocenters. The van der Waals surface area contributed by atoms with Gasteiger partial charge in [-0.15, -0.1) is 0 Å². The summed E-state index contributed by atoms with van der Waals surface area (Å²) < 4.78 is 2.56. The molecule has 0 bridgehead atoms. The quantitative estimate of drug-likeness (QED) is 0.156. The molecule has 12 aromatic rings. The Bertz CT molecular complexity index is 3700. The van der Waals surface area contributed by atoms with Crippen LogP contribution in [-0.4, -0.2) is 4.57 Å². The Balaban J connectivity index is 1.10. The summed E-state index contributed by atoms with van der Waals surface area (Å²) in [4.78, 5) is 0. The van der Waals surface area contributed by atoms with Crippen molar-refractivity contribution in [2.45, 2.75) is 5.41 Å². The summed E-state index contributed by atoms with van der Waals surface area (Å²) in [7, 11) is 0. The van der Waals surface area contributed by atoms with E-state index in [1.54, 1.807) is 0 Å². The van der Waals surface area contributed by atoms with Crippen LogP contribution in [0.5, 0.6) is 0 Å². The number of hydrogen-bond donors (Lipinski definition) is 0. The van der Waals surface area contributed by atoms with Crippen LogP contribution in [0.25, 0.3) is 104 Å². The number of benzene rings is 11. The van der Waals surface area contributed by atoms with Crippen LogP contribution in [0.3, 0.4) is 0 Å². The Morgan fingerprint density at radius 2 is 0.897 bits per heavy atom. The maximum atomic E-state index is 2.56. The maximum absolute atomic E-state index is 2.56. The SMILES string of the molecule is c1ccc2c(c1)-c1ccccc1C21c2ccccc2-c2cc(-n3c4ccccc4c4c5cccc6cc(-c7ccc8ccccc8c7)c7cccc(c7c65)c43)ccc21. The van der Waals surface area contributed by atoms with Gasteiger partial charge in [0.1, 0.15) is 0 Å². The summed E-state index contributed by atoms with van der Waals surface area (Å²) >= 11 is 0. The fourth-order valence-corrected chi connectivity index (χ4v) is 11.5. The van der Waals surface area contributed by atoms with Gasteiger partial charge in [-0.25, -0.2) is 0 Å². The minimum absolute atomic E-state index is 0.366. The van der Waals surface area contributed by atoms with Crippen molar-refractivity contribution in [2.75, 3.05) is 0 Å². The lowest BCUT2D eigenvalue weighted by molar-refractivity contribution is 0.793. The highest BCUT2D eigenvalue weighted by Gasteiger charge is 2.51. The molecule has 0 saturated carbocycles. The molecule has 0 N–H and O–H groups in total. The zero-order valence-electron chi connectivity index (χ0n) is 31.5. The van der Waals surface area contributed by atoms with Crippen LogP contribution in [0.1, 0.15) is 22.3 Å². The topological polar surface area (TPSA) is 4.93 Å². The second-order valence-corrected chi connectivity index (χ2v) is 16.3. The van der Waals surface area contributed by atoms with E-state index in [1.807, 2.05) is 0 Å². The summed E-state index contributed by atoms with van der Waals surface area (Å²) in [5.41, 5.74) is 16.6. The van der Waals surface area contributed by atoms with Gasteiger partial charge in [0.15, 0.2) is 0 Å². The lowest BCUT2D eigenvalue weighted by Gasteiger charge is -2.30. The fraction of sp³-hybridized carbons (Fsp3) is 0.0175. The molecule has 0 unspecified atom stereocenters. The molecule has 14 rings (SSSR count).